The number of likely N-dealkylation sites (tertiary alicyclic amines) is 1. The smallest absolute Gasteiger partial charge is 0.320 e. The van der Waals surface area contributed by atoms with E-state index in [-0.39, 0.29) is 6.04 Å². The standard InChI is InChI=1S/C12H23NO2/c1-4-5-10(11(14)15)13-8-6-12(2,3)7-9-13/h10H,4-9H2,1-3H3,(H,14,15). The predicted octanol–water partition coefficient (Wildman–Crippen LogP) is 2.36. The lowest BCUT2D eigenvalue weighted by Gasteiger charge is -2.39. The van der Waals surface area contributed by atoms with E-state index in [4.69, 9.17) is 5.11 Å². The van der Waals surface area contributed by atoms with E-state index >= 15 is 0 Å². The van der Waals surface area contributed by atoms with Gasteiger partial charge >= 0.3 is 5.97 Å². The first-order valence-corrected chi connectivity index (χ1v) is 5.93. The molecule has 1 unspecified atom stereocenters. The van der Waals surface area contributed by atoms with E-state index in [1.54, 1.807) is 0 Å². The number of carbonyl (C=O) groups is 1. The summed E-state index contributed by atoms with van der Waals surface area (Å²) in [5, 5.41) is 9.15. The Hall–Kier alpha value is -0.570. The van der Waals surface area contributed by atoms with Crippen LogP contribution in [-0.4, -0.2) is 35.1 Å². The number of hydrogen-bond donors (Lipinski definition) is 1. The molecule has 0 aromatic carbocycles. The van der Waals surface area contributed by atoms with Gasteiger partial charge < -0.3 is 5.11 Å². The Morgan fingerprint density at radius 3 is 2.33 bits per heavy atom. The first-order chi connectivity index (χ1) is 6.96. The van der Waals surface area contributed by atoms with Gasteiger partial charge in [0.1, 0.15) is 6.04 Å². The average molecular weight is 213 g/mol. The van der Waals surface area contributed by atoms with Gasteiger partial charge in [0, 0.05) is 0 Å². The summed E-state index contributed by atoms with van der Waals surface area (Å²) in [5.74, 6) is -0.656. The molecule has 88 valence electrons. The number of hydrogen-bond acceptors (Lipinski definition) is 2. The summed E-state index contributed by atoms with van der Waals surface area (Å²) < 4.78 is 0. The Morgan fingerprint density at radius 1 is 1.40 bits per heavy atom. The Balaban J connectivity index is 2.52. The highest BCUT2D eigenvalue weighted by Gasteiger charge is 2.31. The summed E-state index contributed by atoms with van der Waals surface area (Å²) in [5.41, 5.74) is 0.395. The monoisotopic (exact) mass is 213 g/mol. The van der Waals surface area contributed by atoms with Crippen LogP contribution in [0.1, 0.15) is 46.5 Å². The molecule has 0 amide bonds. The van der Waals surface area contributed by atoms with Crippen molar-refractivity contribution in [3.63, 3.8) is 0 Å². The van der Waals surface area contributed by atoms with E-state index in [1.165, 1.54) is 0 Å². The third kappa shape index (κ3) is 3.49. The van der Waals surface area contributed by atoms with Gasteiger partial charge in [0.15, 0.2) is 0 Å². The molecule has 0 aliphatic carbocycles. The van der Waals surface area contributed by atoms with Gasteiger partial charge in [0.05, 0.1) is 0 Å². The van der Waals surface area contributed by atoms with Gasteiger partial charge in [-0.2, -0.15) is 0 Å². The van der Waals surface area contributed by atoms with Crippen LogP contribution >= 0.6 is 0 Å². The molecule has 0 aromatic rings. The first kappa shape index (κ1) is 12.5. The minimum absolute atomic E-state index is 0.258. The molecule has 0 saturated carbocycles. The summed E-state index contributed by atoms with van der Waals surface area (Å²) in [6.07, 6.45) is 3.94. The molecule has 1 N–H and O–H groups in total. The summed E-state index contributed by atoms with van der Waals surface area (Å²) in [7, 11) is 0. The van der Waals surface area contributed by atoms with Gasteiger partial charge in [-0.25, -0.2) is 0 Å². The molecule has 15 heavy (non-hydrogen) atoms. The van der Waals surface area contributed by atoms with Crippen molar-refractivity contribution in [3.8, 4) is 0 Å². The van der Waals surface area contributed by atoms with Gasteiger partial charge in [0.2, 0.25) is 0 Å². The van der Waals surface area contributed by atoms with Crippen LogP contribution in [0.3, 0.4) is 0 Å². The molecular formula is C12H23NO2. The number of carboxylic acid groups (broad SMARTS) is 1. The van der Waals surface area contributed by atoms with Crippen LogP contribution in [0.5, 0.6) is 0 Å². The van der Waals surface area contributed by atoms with Crippen LogP contribution < -0.4 is 0 Å². The molecule has 0 aromatic heterocycles. The Kier molecular flexibility index (Phi) is 4.14. The fourth-order valence-electron chi connectivity index (χ4n) is 2.18. The van der Waals surface area contributed by atoms with E-state index in [1.807, 2.05) is 6.92 Å². The second-order valence-corrected chi connectivity index (χ2v) is 5.34. The largest absolute Gasteiger partial charge is 0.480 e. The zero-order valence-electron chi connectivity index (χ0n) is 10.1. The number of piperidine rings is 1. The van der Waals surface area contributed by atoms with Crippen molar-refractivity contribution in [2.24, 2.45) is 5.41 Å². The molecule has 0 spiro atoms. The Bertz CT molecular complexity index is 216. The maximum absolute atomic E-state index is 11.1. The molecule has 0 bridgehead atoms. The molecular weight excluding hydrogens is 190 g/mol. The summed E-state index contributed by atoms with van der Waals surface area (Å²) >= 11 is 0. The van der Waals surface area contributed by atoms with Gasteiger partial charge in [-0.15, -0.1) is 0 Å². The van der Waals surface area contributed by atoms with Gasteiger partial charge in [-0.1, -0.05) is 27.2 Å². The van der Waals surface area contributed by atoms with Crippen molar-refractivity contribution in [3.05, 3.63) is 0 Å². The molecule has 1 rings (SSSR count). The highest BCUT2D eigenvalue weighted by atomic mass is 16.4. The highest BCUT2D eigenvalue weighted by molar-refractivity contribution is 5.73. The van der Waals surface area contributed by atoms with Crippen molar-refractivity contribution in [1.29, 1.82) is 0 Å². The molecule has 0 radical (unpaired) electrons. The summed E-state index contributed by atoms with van der Waals surface area (Å²) in [4.78, 5) is 13.2. The van der Waals surface area contributed by atoms with Crippen LogP contribution in [0.2, 0.25) is 0 Å². The van der Waals surface area contributed by atoms with Crippen LogP contribution in [0.15, 0.2) is 0 Å². The van der Waals surface area contributed by atoms with Crippen LogP contribution in [0.4, 0.5) is 0 Å². The minimum atomic E-state index is -0.656. The normalized spacial score (nSPS) is 23.7. The molecule has 1 saturated heterocycles. The van der Waals surface area contributed by atoms with Gasteiger partial charge in [0.25, 0.3) is 0 Å². The number of aliphatic carboxylic acids is 1. The third-order valence-electron chi connectivity index (χ3n) is 3.44. The zero-order chi connectivity index (χ0) is 11.5. The number of carboxylic acids is 1. The van der Waals surface area contributed by atoms with E-state index in [0.29, 0.717) is 5.41 Å². The predicted molar refractivity (Wildman–Crippen MR) is 60.9 cm³/mol. The van der Waals surface area contributed by atoms with E-state index in [2.05, 4.69) is 18.7 Å². The lowest BCUT2D eigenvalue weighted by atomic mass is 9.82. The third-order valence-corrected chi connectivity index (χ3v) is 3.44. The van der Waals surface area contributed by atoms with Crippen molar-refractivity contribution in [2.75, 3.05) is 13.1 Å². The lowest BCUT2D eigenvalue weighted by molar-refractivity contribution is -0.144. The van der Waals surface area contributed by atoms with Crippen molar-refractivity contribution >= 4 is 5.97 Å². The van der Waals surface area contributed by atoms with Crippen LogP contribution in [0, 0.1) is 5.41 Å². The summed E-state index contributed by atoms with van der Waals surface area (Å²) in [6.45, 7) is 8.44. The van der Waals surface area contributed by atoms with Gasteiger partial charge in [-0.3, -0.25) is 9.69 Å². The Labute approximate surface area is 92.5 Å². The van der Waals surface area contributed by atoms with Crippen molar-refractivity contribution < 1.29 is 9.90 Å². The summed E-state index contributed by atoms with van der Waals surface area (Å²) in [6, 6.07) is -0.258. The van der Waals surface area contributed by atoms with Crippen LogP contribution in [-0.2, 0) is 4.79 Å². The second-order valence-electron chi connectivity index (χ2n) is 5.34. The molecule has 1 atom stereocenters. The maximum Gasteiger partial charge on any atom is 0.320 e. The second kappa shape index (κ2) is 4.97. The molecule has 3 heteroatoms. The van der Waals surface area contributed by atoms with Gasteiger partial charge in [-0.05, 0) is 37.8 Å². The molecule has 1 aliphatic rings. The molecule has 1 aliphatic heterocycles. The number of rotatable bonds is 4. The lowest BCUT2D eigenvalue weighted by Crippen LogP contribution is -2.47. The topological polar surface area (TPSA) is 40.5 Å². The molecule has 3 nitrogen and oxygen atoms in total. The highest BCUT2D eigenvalue weighted by Crippen LogP contribution is 2.31. The molecule has 1 fully saturated rings. The first-order valence-electron chi connectivity index (χ1n) is 5.93. The Morgan fingerprint density at radius 2 is 1.93 bits per heavy atom. The van der Waals surface area contributed by atoms with Crippen LogP contribution in [0.25, 0.3) is 0 Å². The SMILES string of the molecule is CCCC(C(=O)O)N1CCC(C)(C)CC1. The van der Waals surface area contributed by atoms with Crippen molar-refractivity contribution in [1.82, 2.24) is 4.90 Å². The average Bonchev–Trinajstić information content (AvgIpc) is 2.14. The number of nitrogens with zero attached hydrogens (tertiary/aromatic N) is 1. The maximum atomic E-state index is 11.1. The fourth-order valence-corrected chi connectivity index (χ4v) is 2.18. The minimum Gasteiger partial charge on any atom is -0.480 e. The van der Waals surface area contributed by atoms with E-state index < -0.39 is 5.97 Å². The molecule has 1 heterocycles. The van der Waals surface area contributed by atoms with Crippen molar-refractivity contribution in [2.45, 2.75) is 52.5 Å². The zero-order valence-corrected chi connectivity index (χ0v) is 10.1. The fraction of sp³-hybridized carbons (Fsp3) is 0.917. The van der Waals surface area contributed by atoms with E-state index in [9.17, 15) is 4.79 Å². The quantitative estimate of drug-likeness (QED) is 0.779. The van der Waals surface area contributed by atoms with E-state index in [0.717, 1.165) is 38.8 Å².